The normalized spacial score (nSPS) is 31.9. The molecule has 25 heavy (non-hydrogen) atoms. The average Bonchev–Trinajstić information content (AvgIpc) is 3.34. The van der Waals surface area contributed by atoms with E-state index < -0.39 is 0 Å². The average molecular weight is 336 g/mol. The first kappa shape index (κ1) is 14.9. The molecule has 3 amide bonds. The van der Waals surface area contributed by atoms with Crippen LogP contribution in [-0.2, 0) is 20.8 Å². The number of likely N-dealkylation sites (tertiary alicyclic amines) is 1. The maximum absolute atomic E-state index is 12.8. The second kappa shape index (κ2) is 5.04. The standard InChI is InChI=1S/C20H20N2O3/c1-11-2-3-12-6-7-21(15(12)8-11)16(23)10-22-19(24)17-13-4-5-14(9-13)18(17)20(22)25/h2-5,8,13-14,17-18H,6-7,9-10H2,1H3. The fourth-order valence-electron chi connectivity index (χ4n) is 5.09. The van der Waals surface area contributed by atoms with Gasteiger partial charge in [0, 0.05) is 12.2 Å². The molecular weight excluding hydrogens is 316 g/mol. The predicted molar refractivity (Wildman–Crippen MR) is 91.7 cm³/mol. The quantitative estimate of drug-likeness (QED) is 0.610. The molecule has 0 aromatic heterocycles. The van der Waals surface area contributed by atoms with Crippen LogP contribution in [0.1, 0.15) is 17.5 Å². The van der Waals surface area contributed by atoms with Crippen molar-refractivity contribution in [3.8, 4) is 0 Å². The zero-order valence-electron chi connectivity index (χ0n) is 14.1. The number of allylic oxidation sites excluding steroid dienone is 2. The van der Waals surface area contributed by atoms with Gasteiger partial charge in [-0.1, -0.05) is 24.3 Å². The molecule has 2 aliphatic heterocycles. The van der Waals surface area contributed by atoms with Crippen LogP contribution in [0.3, 0.4) is 0 Å². The monoisotopic (exact) mass is 336 g/mol. The van der Waals surface area contributed by atoms with Gasteiger partial charge < -0.3 is 4.90 Å². The van der Waals surface area contributed by atoms with Gasteiger partial charge in [-0.2, -0.15) is 0 Å². The summed E-state index contributed by atoms with van der Waals surface area (Å²) in [4.78, 5) is 41.3. The van der Waals surface area contributed by atoms with Crippen LogP contribution in [0.4, 0.5) is 5.69 Å². The van der Waals surface area contributed by atoms with Gasteiger partial charge in [-0.3, -0.25) is 19.3 Å². The van der Waals surface area contributed by atoms with Crippen LogP contribution < -0.4 is 4.90 Å². The molecule has 0 radical (unpaired) electrons. The molecule has 5 nitrogen and oxygen atoms in total. The van der Waals surface area contributed by atoms with Gasteiger partial charge in [0.2, 0.25) is 17.7 Å². The van der Waals surface area contributed by atoms with Crippen molar-refractivity contribution in [3.05, 3.63) is 41.5 Å². The number of aryl methyl sites for hydroxylation is 1. The minimum Gasteiger partial charge on any atom is -0.310 e. The molecule has 4 atom stereocenters. The number of hydrogen-bond donors (Lipinski definition) is 0. The Labute approximate surface area is 146 Å². The Kier molecular flexibility index (Phi) is 3.00. The highest BCUT2D eigenvalue weighted by atomic mass is 16.2. The number of amides is 3. The molecule has 2 fully saturated rings. The maximum Gasteiger partial charge on any atom is 0.247 e. The Morgan fingerprint density at radius 2 is 1.80 bits per heavy atom. The van der Waals surface area contributed by atoms with Crippen molar-refractivity contribution in [2.45, 2.75) is 19.8 Å². The van der Waals surface area contributed by atoms with E-state index in [2.05, 4.69) is 18.2 Å². The van der Waals surface area contributed by atoms with E-state index in [4.69, 9.17) is 0 Å². The second-order valence-corrected chi connectivity index (χ2v) is 7.69. The molecule has 2 aliphatic carbocycles. The van der Waals surface area contributed by atoms with Crippen molar-refractivity contribution in [1.29, 1.82) is 0 Å². The highest BCUT2D eigenvalue weighted by molar-refractivity contribution is 6.10. The molecule has 2 heterocycles. The van der Waals surface area contributed by atoms with Crippen molar-refractivity contribution >= 4 is 23.4 Å². The third-order valence-corrected chi connectivity index (χ3v) is 6.29. The molecular formula is C20H20N2O3. The summed E-state index contributed by atoms with van der Waals surface area (Å²) in [7, 11) is 0. The Morgan fingerprint density at radius 1 is 1.12 bits per heavy atom. The molecule has 1 saturated carbocycles. The number of hydrogen-bond acceptors (Lipinski definition) is 3. The van der Waals surface area contributed by atoms with Crippen LogP contribution in [0, 0.1) is 30.6 Å². The largest absolute Gasteiger partial charge is 0.310 e. The first-order valence-electron chi connectivity index (χ1n) is 8.98. The minimum atomic E-state index is -0.233. The predicted octanol–water partition coefficient (Wildman–Crippen LogP) is 1.69. The number of carbonyl (C=O) groups is 3. The summed E-state index contributed by atoms with van der Waals surface area (Å²) in [5.74, 6) is -0.561. The molecule has 1 aromatic rings. The Balaban J connectivity index is 1.37. The number of nitrogens with zero attached hydrogens (tertiary/aromatic N) is 2. The van der Waals surface area contributed by atoms with E-state index in [1.807, 2.05) is 19.1 Å². The van der Waals surface area contributed by atoms with Crippen LogP contribution in [0.5, 0.6) is 0 Å². The molecule has 4 unspecified atom stereocenters. The molecule has 0 N–H and O–H groups in total. The first-order chi connectivity index (χ1) is 12.0. The molecule has 2 bridgehead atoms. The summed E-state index contributed by atoms with van der Waals surface area (Å²) in [6.07, 6.45) is 5.87. The Hall–Kier alpha value is -2.43. The van der Waals surface area contributed by atoms with E-state index in [1.54, 1.807) is 4.90 Å². The topological polar surface area (TPSA) is 57.7 Å². The third-order valence-electron chi connectivity index (χ3n) is 6.29. The highest BCUT2D eigenvalue weighted by Crippen LogP contribution is 2.52. The van der Waals surface area contributed by atoms with E-state index in [-0.39, 0.29) is 47.9 Å². The minimum absolute atomic E-state index is 0.127. The molecule has 4 aliphatic rings. The van der Waals surface area contributed by atoms with Crippen LogP contribution in [0.25, 0.3) is 0 Å². The van der Waals surface area contributed by atoms with Crippen LogP contribution in [-0.4, -0.2) is 35.7 Å². The summed E-state index contributed by atoms with van der Waals surface area (Å²) < 4.78 is 0. The maximum atomic E-state index is 12.8. The van der Waals surface area contributed by atoms with Gasteiger partial charge in [0.1, 0.15) is 6.54 Å². The Morgan fingerprint density at radius 3 is 2.48 bits per heavy atom. The van der Waals surface area contributed by atoms with Gasteiger partial charge in [-0.05, 0) is 48.8 Å². The zero-order chi connectivity index (χ0) is 17.3. The fourth-order valence-corrected chi connectivity index (χ4v) is 5.09. The number of carbonyl (C=O) groups excluding carboxylic acids is 3. The number of anilines is 1. The van der Waals surface area contributed by atoms with Gasteiger partial charge in [-0.15, -0.1) is 0 Å². The van der Waals surface area contributed by atoms with E-state index in [9.17, 15) is 14.4 Å². The third kappa shape index (κ3) is 1.98. The van der Waals surface area contributed by atoms with E-state index in [1.165, 1.54) is 4.90 Å². The summed E-state index contributed by atoms with van der Waals surface area (Å²) >= 11 is 0. The Bertz CT molecular complexity index is 813. The van der Waals surface area contributed by atoms with Gasteiger partial charge in [-0.25, -0.2) is 0 Å². The van der Waals surface area contributed by atoms with Gasteiger partial charge >= 0.3 is 0 Å². The first-order valence-corrected chi connectivity index (χ1v) is 8.98. The molecule has 1 saturated heterocycles. The second-order valence-electron chi connectivity index (χ2n) is 7.69. The van der Waals surface area contributed by atoms with Crippen LogP contribution in [0.15, 0.2) is 30.4 Å². The number of rotatable bonds is 2. The summed E-state index contributed by atoms with van der Waals surface area (Å²) in [6.45, 7) is 2.49. The molecule has 0 spiro atoms. The van der Waals surface area contributed by atoms with Crippen molar-refractivity contribution in [3.63, 3.8) is 0 Å². The van der Waals surface area contributed by atoms with E-state index in [0.717, 1.165) is 29.7 Å². The zero-order valence-corrected chi connectivity index (χ0v) is 14.1. The summed E-state index contributed by atoms with van der Waals surface area (Å²) in [5, 5.41) is 0. The smallest absolute Gasteiger partial charge is 0.247 e. The number of benzene rings is 1. The summed E-state index contributed by atoms with van der Waals surface area (Å²) in [5.41, 5.74) is 3.17. The molecule has 5 heteroatoms. The van der Waals surface area contributed by atoms with Crippen molar-refractivity contribution < 1.29 is 14.4 Å². The van der Waals surface area contributed by atoms with Crippen molar-refractivity contribution in [2.75, 3.05) is 18.0 Å². The van der Waals surface area contributed by atoms with Gasteiger partial charge in [0.15, 0.2) is 0 Å². The van der Waals surface area contributed by atoms with Gasteiger partial charge in [0.25, 0.3) is 0 Å². The molecule has 5 rings (SSSR count). The molecule has 128 valence electrons. The van der Waals surface area contributed by atoms with Gasteiger partial charge in [0.05, 0.1) is 11.8 Å². The van der Waals surface area contributed by atoms with E-state index in [0.29, 0.717) is 6.54 Å². The van der Waals surface area contributed by atoms with E-state index >= 15 is 0 Å². The van der Waals surface area contributed by atoms with Crippen molar-refractivity contribution in [2.24, 2.45) is 23.7 Å². The number of imide groups is 1. The lowest BCUT2D eigenvalue weighted by Gasteiger charge is -2.22. The fraction of sp³-hybridized carbons (Fsp3) is 0.450. The van der Waals surface area contributed by atoms with Crippen LogP contribution >= 0.6 is 0 Å². The summed E-state index contributed by atoms with van der Waals surface area (Å²) in [6, 6.07) is 6.11. The lowest BCUT2D eigenvalue weighted by Crippen LogP contribution is -2.43. The van der Waals surface area contributed by atoms with Crippen molar-refractivity contribution in [1.82, 2.24) is 4.90 Å². The SMILES string of the molecule is Cc1ccc2c(c1)N(C(=O)CN1C(=O)C3C4C=CC(C4)C3C1=O)CC2. The number of fused-ring (bicyclic) bond motifs is 6. The van der Waals surface area contributed by atoms with Crippen LogP contribution in [0.2, 0.25) is 0 Å². The lowest BCUT2D eigenvalue weighted by molar-refractivity contribution is -0.143. The lowest BCUT2D eigenvalue weighted by atomic mass is 9.85. The molecule has 1 aromatic carbocycles. The highest BCUT2D eigenvalue weighted by Gasteiger charge is 2.59.